The van der Waals surface area contributed by atoms with Gasteiger partial charge in [-0.15, -0.1) is 0 Å². The summed E-state index contributed by atoms with van der Waals surface area (Å²) in [5, 5.41) is 15.2. The maximum atomic E-state index is 10.4. The zero-order valence-electron chi connectivity index (χ0n) is 9.49. The van der Waals surface area contributed by atoms with Gasteiger partial charge in [-0.3, -0.25) is 0 Å². The predicted octanol–water partition coefficient (Wildman–Crippen LogP) is 3.07. The molecule has 1 aromatic carbocycles. The maximum Gasteiger partial charge on any atom is 0.108 e. The molecule has 0 aliphatic carbocycles. The molecule has 1 N–H and O–H groups in total. The van der Waals surface area contributed by atoms with E-state index in [0.717, 1.165) is 16.6 Å². The Morgan fingerprint density at radius 1 is 1.11 bits per heavy atom. The number of halogens is 1. The fraction of sp³-hybridized carbons (Fsp3) is 0.0714. The summed E-state index contributed by atoms with van der Waals surface area (Å²) in [5.41, 5.74) is 2.50. The van der Waals surface area contributed by atoms with E-state index in [1.165, 1.54) is 0 Å². The minimum Gasteiger partial charge on any atom is -0.384 e. The van der Waals surface area contributed by atoms with Crippen LogP contribution in [0.15, 0.2) is 54.9 Å². The van der Waals surface area contributed by atoms with E-state index < -0.39 is 6.10 Å². The van der Waals surface area contributed by atoms with Crippen molar-refractivity contribution in [2.24, 2.45) is 0 Å². The highest BCUT2D eigenvalue weighted by atomic mass is 35.5. The molecule has 0 spiro atoms. The highest BCUT2D eigenvalue weighted by molar-refractivity contribution is 6.30. The molecule has 0 bridgehead atoms. The second-order valence-electron chi connectivity index (χ2n) is 4.08. The van der Waals surface area contributed by atoms with Gasteiger partial charge in [-0.25, -0.2) is 4.52 Å². The van der Waals surface area contributed by atoms with Crippen LogP contribution in [0.5, 0.6) is 0 Å². The van der Waals surface area contributed by atoms with Gasteiger partial charge in [-0.2, -0.15) is 5.10 Å². The average Bonchev–Trinajstić information content (AvgIpc) is 2.82. The molecule has 1 atom stereocenters. The van der Waals surface area contributed by atoms with Crippen molar-refractivity contribution in [2.75, 3.05) is 0 Å². The lowest BCUT2D eigenvalue weighted by Gasteiger charge is -2.09. The van der Waals surface area contributed by atoms with Gasteiger partial charge in [0, 0.05) is 16.8 Å². The summed E-state index contributed by atoms with van der Waals surface area (Å²) in [6, 6.07) is 12.9. The van der Waals surface area contributed by atoms with Gasteiger partial charge in [-0.1, -0.05) is 29.8 Å². The SMILES string of the molecule is OC(c1ccc(Cl)cc1)c1cnn2ccccc12. The molecule has 0 fully saturated rings. The fourth-order valence-corrected chi connectivity index (χ4v) is 2.12. The first kappa shape index (κ1) is 11.3. The molecule has 3 aromatic rings. The van der Waals surface area contributed by atoms with E-state index in [-0.39, 0.29) is 0 Å². The molecule has 0 amide bonds. The second-order valence-corrected chi connectivity index (χ2v) is 4.52. The first-order chi connectivity index (χ1) is 8.75. The third-order valence-electron chi connectivity index (χ3n) is 2.94. The number of hydrogen-bond acceptors (Lipinski definition) is 2. The van der Waals surface area contributed by atoms with Crippen LogP contribution in [0.1, 0.15) is 17.2 Å². The van der Waals surface area contributed by atoms with E-state index in [0.29, 0.717) is 5.02 Å². The Morgan fingerprint density at radius 2 is 1.89 bits per heavy atom. The van der Waals surface area contributed by atoms with Gasteiger partial charge in [0.1, 0.15) is 6.10 Å². The molecule has 2 aromatic heterocycles. The van der Waals surface area contributed by atoms with Crippen LogP contribution >= 0.6 is 11.6 Å². The highest BCUT2D eigenvalue weighted by Crippen LogP contribution is 2.26. The number of rotatable bonds is 2. The molecule has 2 heterocycles. The van der Waals surface area contributed by atoms with Gasteiger partial charge < -0.3 is 5.11 Å². The van der Waals surface area contributed by atoms with Gasteiger partial charge in [0.05, 0.1) is 11.7 Å². The number of benzene rings is 1. The van der Waals surface area contributed by atoms with Crippen molar-refractivity contribution in [1.29, 1.82) is 0 Å². The summed E-state index contributed by atoms with van der Waals surface area (Å²) in [6.45, 7) is 0. The molecule has 90 valence electrons. The summed E-state index contributed by atoms with van der Waals surface area (Å²) in [4.78, 5) is 0. The molecule has 0 saturated heterocycles. The van der Waals surface area contributed by atoms with Gasteiger partial charge in [-0.05, 0) is 29.8 Å². The Labute approximate surface area is 109 Å². The van der Waals surface area contributed by atoms with Crippen molar-refractivity contribution >= 4 is 17.1 Å². The van der Waals surface area contributed by atoms with Crippen LogP contribution in [0.3, 0.4) is 0 Å². The molecule has 0 radical (unpaired) electrons. The van der Waals surface area contributed by atoms with Crippen LogP contribution in [0, 0.1) is 0 Å². The van der Waals surface area contributed by atoms with Crippen molar-refractivity contribution in [1.82, 2.24) is 9.61 Å². The lowest BCUT2D eigenvalue weighted by Crippen LogP contribution is -1.98. The molecule has 0 saturated carbocycles. The summed E-state index contributed by atoms with van der Waals surface area (Å²) >= 11 is 5.84. The topological polar surface area (TPSA) is 37.5 Å². The summed E-state index contributed by atoms with van der Waals surface area (Å²) < 4.78 is 1.74. The van der Waals surface area contributed by atoms with E-state index in [4.69, 9.17) is 11.6 Å². The van der Waals surface area contributed by atoms with E-state index in [2.05, 4.69) is 5.10 Å². The Balaban J connectivity index is 2.06. The number of nitrogens with zero attached hydrogens (tertiary/aromatic N) is 2. The molecule has 1 unspecified atom stereocenters. The number of aromatic nitrogens is 2. The number of aliphatic hydroxyl groups is 1. The second kappa shape index (κ2) is 4.44. The van der Waals surface area contributed by atoms with Crippen molar-refractivity contribution < 1.29 is 5.11 Å². The van der Waals surface area contributed by atoms with Gasteiger partial charge in [0.2, 0.25) is 0 Å². The third kappa shape index (κ3) is 1.88. The van der Waals surface area contributed by atoms with Crippen LogP contribution in [0.4, 0.5) is 0 Å². The first-order valence-electron chi connectivity index (χ1n) is 5.61. The standard InChI is InChI=1S/C14H11ClN2O/c15-11-6-4-10(5-7-11)14(18)12-9-16-17-8-2-1-3-13(12)17/h1-9,14,18H. The summed E-state index contributed by atoms with van der Waals surface area (Å²) in [5.74, 6) is 0. The smallest absolute Gasteiger partial charge is 0.108 e. The van der Waals surface area contributed by atoms with Crippen LogP contribution < -0.4 is 0 Å². The third-order valence-corrected chi connectivity index (χ3v) is 3.19. The quantitative estimate of drug-likeness (QED) is 0.767. The van der Waals surface area contributed by atoms with Crippen molar-refractivity contribution in [2.45, 2.75) is 6.10 Å². The van der Waals surface area contributed by atoms with Gasteiger partial charge >= 0.3 is 0 Å². The lowest BCUT2D eigenvalue weighted by atomic mass is 10.0. The number of fused-ring (bicyclic) bond motifs is 1. The molecular formula is C14H11ClN2O. The van der Waals surface area contributed by atoms with Crippen LogP contribution in [-0.2, 0) is 0 Å². The minimum absolute atomic E-state index is 0.658. The predicted molar refractivity (Wildman–Crippen MR) is 70.7 cm³/mol. The van der Waals surface area contributed by atoms with E-state index >= 15 is 0 Å². The molecule has 3 nitrogen and oxygen atoms in total. The average molecular weight is 259 g/mol. The van der Waals surface area contributed by atoms with E-state index in [1.807, 2.05) is 36.5 Å². The monoisotopic (exact) mass is 258 g/mol. The highest BCUT2D eigenvalue weighted by Gasteiger charge is 2.15. The van der Waals surface area contributed by atoms with Crippen LogP contribution in [-0.4, -0.2) is 14.7 Å². The van der Waals surface area contributed by atoms with E-state index in [9.17, 15) is 5.11 Å². The Bertz CT molecular complexity index is 676. The normalized spacial score (nSPS) is 12.8. The Morgan fingerprint density at radius 3 is 2.67 bits per heavy atom. The molecule has 0 aliphatic heterocycles. The summed E-state index contributed by atoms with van der Waals surface area (Å²) in [6.07, 6.45) is 2.85. The van der Waals surface area contributed by atoms with Gasteiger partial charge in [0.15, 0.2) is 0 Å². The Kier molecular flexibility index (Phi) is 2.78. The van der Waals surface area contributed by atoms with Crippen molar-refractivity contribution in [3.63, 3.8) is 0 Å². The lowest BCUT2D eigenvalue weighted by molar-refractivity contribution is 0.222. The molecular weight excluding hydrogens is 248 g/mol. The number of aliphatic hydroxyl groups excluding tert-OH is 1. The zero-order valence-corrected chi connectivity index (χ0v) is 10.2. The maximum absolute atomic E-state index is 10.4. The van der Waals surface area contributed by atoms with Crippen LogP contribution in [0.2, 0.25) is 5.02 Å². The Hall–Kier alpha value is -1.84. The molecule has 3 rings (SSSR count). The summed E-state index contributed by atoms with van der Waals surface area (Å²) in [7, 11) is 0. The first-order valence-corrected chi connectivity index (χ1v) is 5.99. The largest absolute Gasteiger partial charge is 0.384 e. The van der Waals surface area contributed by atoms with Crippen molar-refractivity contribution in [3.8, 4) is 0 Å². The minimum atomic E-state index is -0.692. The molecule has 0 aliphatic rings. The van der Waals surface area contributed by atoms with Crippen molar-refractivity contribution in [3.05, 3.63) is 71.0 Å². The number of hydrogen-bond donors (Lipinski definition) is 1. The number of pyridine rings is 1. The van der Waals surface area contributed by atoms with Gasteiger partial charge in [0.25, 0.3) is 0 Å². The fourth-order valence-electron chi connectivity index (χ4n) is 1.99. The molecule has 18 heavy (non-hydrogen) atoms. The zero-order chi connectivity index (χ0) is 12.5. The van der Waals surface area contributed by atoms with E-state index in [1.54, 1.807) is 22.8 Å². The molecule has 4 heteroatoms. The van der Waals surface area contributed by atoms with Crippen LogP contribution in [0.25, 0.3) is 5.52 Å².